The van der Waals surface area contributed by atoms with Crippen LogP contribution in [0, 0.1) is 5.92 Å². The average molecular weight is 379 g/mol. The van der Waals surface area contributed by atoms with Gasteiger partial charge >= 0.3 is 0 Å². The Morgan fingerprint density at radius 2 is 2.12 bits per heavy atom. The maximum absolute atomic E-state index is 11.3. The van der Waals surface area contributed by atoms with Gasteiger partial charge in [0, 0.05) is 12.2 Å². The summed E-state index contributed by atoms with van der Waals surface area (Å²) < 4.78 is 11.9. The largest absolute Gasteiger partial charge is 0.386 e. The van der Waals surface area contributed by atoms with Gasteiger partial charge in [-0.1, -0.05) is 26.7 Å². The van der Waals surface area contributed by atoms with Gasteiger partial charge in [-0.2, -0.15) is 0 Å². The molecule has 3 unspecified atom stereocenters. The van der Waals surface area contributed by atoms with E-state index in [0.717, 1.165) is 43.5 Å². The first-order chi connectivity index (χ1) is 11.3. The molecule has 0 bridgehead atoms. The summed E-state index contributed by atoms with van der Waals surface area (Å²) in [6, 6.07) is 0. The molecule has 1 aliphatic rings. The highest BCUT2D eigenvalue weighted by molar-refractivity contribution is 8.00. The fraction of sp³-hybridized carbons (Fsp3) is 0.944. The van der Waals surface area contributed by atoms with Crippen molar-refractivity contribution in [3.8, 4) is 0 Å². The van der Waals surface area contributed by atoms with Gasteiger partial charge in [0.2, 0.25) is 0 Å². The van der Waals surface area contributed by atoms with E-state index in [1.807, 2.05) is 13.8 Å². The van der Waals surface area contributed by atoms with Gasteiger partial charge in [-0.3, -0.25) is 4.18 Å². The van der Waals surface area contributed by atoms with Crippen LogP contribution in [0.4, 0.5) is 0 Å². The predicted octanol–water partition coefficient (Wildman–Crippen LogP) is 4.79. The summed E-state index contributed by atoms with van der Waals surface area (Å²) in [5, 5.41) is 11.3. The quantitative estimate of drug-likeness (QED) is 0.353. The third-order valence-corrected chi connectivity index (χ3v) is 6.92. The van der Waals surface area contributed by atoms with Crippen LogP contribution >= 0.6 is 23.8 Å². The summed E-state index contributed by atoms with van der Waals surface area (Å²) in [5.74, 6) is 2.48. The van der Waals surface area contributed by atoms with Crippen LogP contribution in [0.1, 0.15) is 72.6 Å². The summed E-state index contributed by atoms with van der Waals surface area (Å²) >= 11 is 3.13. The van der Waals surface area contributed by atoms with Crippen molar-refractivity contribution in [1.82, 2.24) is 0 Å². The number of ether oxygens (including phenoxy) is 1. The number of rotatable bonds is 9. The second-order valence-corrected chi connectivity index (χ2v) is 9.37. The zero-order chi connectivity index (χ0) is 18.1. The highest BCUT2D eigenvalue weighted by atomic mass is 32.2. The zero-order valence-electron chi connectivity index (χ0n) is 15.6. The van der Waals surface area contributed by atoms with E-state index in [2.05, 4.69) is 13.8 Å². The monoisotopic (exact) mass is 378 g/mol. The Balaban J connectivity index is 2.92. The number of carbonyl (C=O) groups is 1. The molecule has 4 nitrogen and oxygen atoms in total. The molecule has 3 atom stereocenters. The molecule has 0 aromatic heterocycles. The Hall–Kier alpha value is 0.250. The molecule has 1 fully saturated rings. The van der Waals surface area contributed by atoms with Crippen LogP contribution in [0.2, 0.25) is 0 Å². The molecule has 0 aliphatic carbocycles. The molecule has 1 heterocycles. The Morgan fingerprint density at radius 3 is 2.79 bits per heavy atom. The molecule has 142 valence electrons. The van der Waals surface area contributed by atoms with E-state index in [1.54, 1.807) is 11.8 Å². The van der Waals surface area contributed by atoms with Crippen molar-refractivity contribution in [3.63, 3.8) is 0 Å². The lowest BCUT2D eigenvalue weighted by Gasteiger charge is -2.46. The van der Waals surface area contributed by atoms with Crippen LogP contribution in [0.5, 0.6) is 0 Å². The summed E-state index contributed by atoms with van der Waals surface area (Å²) in [4.78, 5) is 10.0. The average Bonchev–Trinajstić information content (AvgIpc) is 2.58. The van der Waals surface area contributed by atoms with Crippen molar-refractivity contribution >= 4 is 30.1 Å². The fourth-order valence-electron chi connectivity index (χ4n) is 2.97. The predicted molar refractivity (Wildman–Crippen MR) is 103 cm³/mol. The maximum atomic E-state index is 11.3. The van der Waals surface area contributed by atoms with Crippen molar-refractivity contribution in [2.45, 2.75) is 89.5 Å². The third-order valence-electron chi connectivity index (χ3n) is 4.36. The highest BCUT2D eigenvalue weighted by Crippen LogP contribution is 2.46. The van der Waals surface area contributed by atoms with Gasteiger partial charge in [0.15, 0.2) is 6.29 Å². The minimum Gasteiger partial charge on any atom is -0.386 e. The summed E-state index contributed by atoms with van der Waals surface area (Å²) in [5.41, 5.74) is -0.956. The Morgan fingerprint density at radius 1 is 1.38 bits per heavy atom. The van der Waals surface area contributed by atoms with Crippen molar-refractivity contribution in [1.29, 1.82) is 0 Å². The number of aldehydes is 1. The summed E-state index contributed by atoms with van der Waals surface area (Å²) in [7, 11) is 0. The molecule has 24 heavy (non-hydrogen) atoms. The van der Waals surface area contributed by atoms with E-state index < -0.39 is 10.5 Å². The van der Waals surface area contributed by atoms with Crippen LogP contribution < -0.4 is 0 Å². The fourth-order valence-corrected chi connectivity index (χ4v) is 5.26. The number of unbranched alkanes of at least 4 members (excludes halogenated alkanes) is 1. The Labute approximate surface area is 156 Å². The van der Waals surface area contributed by atoms with Crippen molar-refractivity contribution in [2.24, 2.45) is 5.92 Å². The van der Waals surface area contributed by atoms with E-state index in [0.29, 0.717) is 25.2 Å². The number of carbonyl (C=O) groups excluding carboxylic acids is 1. The smallest absolute Gasteiger partial charge is 0.169 e. The minimum absolute atomic E-state index is 0.381. The SMILES string of the molecule is CC(C)CCCC(C)(O)C1(CCCC=O)OC(C)OSCCCS1. The van der Waals surface area contributed by atoms with Gasteiger partial charge in [-0.05, 0) is 63.2 Å². The molecule has 0 aromatic carbocycles. The van der Waals surface area contributed by atoms with Crippen LogP contribution in [-0.4, -0.2) is 39.7 Å². The van der Waals surface area contributed by atoms with Gasteiger partial charge in [0.05, 0.1) is 0 Å². The number of thioether (sulfide) groups is 1. The molecule has 6 heteroatoms. The molecule has 1 saturated heterocycles. The van der Waals surface area contributed by atoms with E-state index >= 15 is 0 Å². The van der Waals surface area contributed by atoms with E-state index in [1.165, 1.54) is 12.0 Å². The molecule has 0 amide bonds. The lowest BCUT2D eigenvalue weighted by molar-refractivity contribution is -0.193. The molecular weight excluding hydrogens is 344 g/mol. The minimum atomic E-state index is -0.956. The molecule has 0 spiro atoms. The molecule has 1 rings (SSSR count). The maximum Gasteiger partial charge on any atom is 0.169 e. The van der Waals surface area contributed by atoms with Crippen molar-refractivity contribution in [3.05, 3.63) is 0 Å². The van der Waals surface area contributed by atoms with E-state index in [-0.39, 0.29) is 6.29 Å². The normalized spacial score (nSPS) is 28.7. The highest BCUT2D eigenvalue weighted by Gasteiger charge is 2.49. The first kappa shape index (κ1) is 22.3. The standard InChI is InChI=1S/C18H34O4S2/c1-15(2)9-7-10-17(4,20)18(11-5-6-12-19)21-16(3)22-24-14-8-13-23-18/h12,15-16,20H,5-11,13-14H2,1-4H3. The van der Waals surface area contributed by atoms with Gasteiger partial charge < -0.3 is 14.6 Å². The topological polar surface area (TPSA) is 55.8 Å². The molecular formula is C18H34O4S2. The lowest BCUT2D eigenvalue weighted by Crippen LogP contribution is -2.53. The zero-order valence-corrected chi connectivity index (χ0v) is 17.2. The van der Waals surface area contributed by atoms with E-state index in [9.17, 15) is 9.90 Å². The van der Waals surface area contributed by atoms with Crippen LogP contribution in [0.3, 0.4) is 0 Å². The molecule has 0 aromatic rings. The molecule has 1 N–H and O–H groups in total. The first-order valence-corrected chi connectivity index (χ1v) is 11.0. The number of hydrogen-bond donors (Lipinski definition) is 1. The molecule has 0 radical (unpaired) electrons. The van der Waals surface area contributed by atoms with Gasteiger partial charge in [0.25, 0.3) is 0 Å². The van der Waals surface area contributed by atoms with Crippen LogP contribution in [-0.2, 0) is 13.7 Å². The Bertz CT molecular complexity index is 363. The second kappa shape index (κ2) is 11.1. The summed E-state index contributed by atoms with van der Waals surface area (Å²) in [6.45, 7) is 8.18. The van der Waals surface area contributed by atoms with Gasteiger partial charge in [-0.15, -0.1) is 11.8 Å². The van der Waals surface area contributed by atoms with Gasteiger partial charge in [0.1, 0.15) is 16.8 Å². The van der Waals surface area contributed by atoms with Gasteiger partial charge in [-0.25, -0.2) is 0 Å². The van der Waals surface area contributed by atoms with Crippen LogP contribution in [0.15, 0.2) is 0 Å². The number of hydrogen-bond acceptors (Lipinski definition) is 6. The van der Waals surface area contributed by atoms with Crippen LogP contribution in [0.25, 0.3) is 0 Å². The third kappa shape index (κ3) is 7.24. The molecule has 0 saturated carbocycles. The second-order valence-electron chi connectivity index (χ2n) is 7.18. The van der Waals surface area contributed by atoms with E-state index in [4.69, 9.17) is 8.92 Å². The summed E-state index contributed by atoms with van der Waals surface area (Å²) in [6.07, 6.45) is 6.20. The van der Waals surface area contributed by atoms with Crippen molar-refractivity contribution in [2.75, 3.05) is 11.5 Å². The lowest BCUT2D eigenvalue weighted by atomic mass is 9.87. The first-order valence-electron chi connectivity index (χ1n) is 9.09. The van der Waals surface area contributed by atoms with Crippen molar-refractivity contribution < 1.29 is 18.8 Å². The molecule has 1 aliphatic heterocycles. The number of aliphatic hydroxyl groups is 1. The Kier molecular flexibility index (Phi) is 10.3.